The highest BCUT2D eigenvalue weighted by Crippen LogP contribution is 2.13. The molecule has 1 amide bonds. The van der Waals surface area contributed by atoms with Crippen molar-refractivity contribution in [1.29, 1.82) is 0 Å². The van der Waals surface area contributed by atoms with Gasteiger partial charge in [-0.2, -0.15) is 8.42 Å². The molecule has 3 atom stereocenters. The van der Waals surface area contributed by atoms with E-state index in [1.54, 1.807) is 6.08 Å². The SMILES string of the molecule is CCCCCC/C=C\CCCCCCCCC(O)C(=O)NC(CS(=O)(=O)O)C(O)/C=C/CCCCCCCCCC. The normalized spacial score (nSPS) is 14.6. The molecule has 0 aliphatic rings. The van der Waals surface area contributed by atoms with E-state index in [9.17, 15) is 28.0 Å². The topological polar surface area (TPSA) is 124 Å². The molecule has 0 saturated carbocycles. The zero-order chi connectivity index (χ0) is 30.6. The lowest BCUT2D eigenvalue weighted by Crippen LogP contribution is -2.50. The number of hydrogen-bond acceptors (Lipinski definition) is 5. The van der Waals surface area contributed by atoms with Crippen LogP contribution in [0.25, 0.3) is 0 Å². The molecule has 242 valence electrons. The smallest absolute Gasteiger partial charge is 0.267 e. The minimum absolute atomic E-state index is 0.273. The summed E-state index contributed by atoms with van der Waals surface area (Å²) in [6.45, 7) is 4.43. The number of amides is 1. The molecule has 0 aromatic carbocycles. The van der Waals surface area contributed by atoms with Crippen molar-refractivity contribution >= 4 is 16.0 Å². The Morgan fingerprint density at radius 3 is 1.56 bits per heavy atom. The Morgan fingerprint density at radius 2 is 1.07 bits per heavy atom. The van der Waals surface area contributed by atoms with Crippen molar-refractivity contribution in [1.82, 2.24) is 5.32 Å². The third-order valence-electron chi connectivity index (χ3n) is 7.48. The first kappa shape index (κ1) is 39.8. The van der Waals surface area contributed by atoms with E-state index in [1.807, 2.05) is 0 Å². The molecule has 0 aliphatic heterocycles. The summed E-state index contributed by atoms with van der Waals surface area (Å²) in [5.41, 5.74) is 0. The first-order chi connectivity index (χ1) is 19.7. The van der Waals surface area contributed by atoms with Gasteiger partial charge in [-0.15, -0.1) is 0 Å². The number of allylic oxidation sites excluding steroid dienone is 3. The highest BCUT2D eigenvalue weighted by atomic mass is 32.2. The van der Waals surface area contributed by atoms with Gasteiger partial charge in [-0.05, 0) is 44.9 Å². The number of aliphatic hydroxyl groups is 2. The van der Waals surface area contributed by atoms with Crippen molar-refractivity contribution in [3.63, 3.8) is 0 Å². The molecule has 4 N–H and O–H groups in total. The second-order valence-electron chi connectivity index (χ2n) is 11.6. The fourth-order valence-electron chi connectivity index (χ4n) is 4.86. The van der Waals surface area contributed by atoms with Gasteiger partial charge < -0.3 is 15.5 Å². The standard InChI is InChI=1S/C33H63NO6S/c1-3-5-7-9-11-13-15-16-17-18-20-22-24-26-28-32(36)33(37)34-30(29-41(38,39)40)31(35)27-25-23-21-19-14-12-10-8-6-4-2/h13,15,25,27,30-32,35-36H,3-12,14,16-24,26,28-29H2,1-2H3,(H,34,37)(H,38,39,40)/b15-13-,27-25+. The molecule has 7 nitrogen and oxygen atoms in total. The number of nitrogens with one attached hydrogen (secondary N) is 1. The second-order valence-corrected chi connectivity index (χ2v) is 13.1. The number of hydrogen-bond donors (Lipinski definition) is 4. The number of unbranched alkanes of at least 4 members (excludes halogenated alkanes) is 18. The monoisotopic (exact) mass is 601 g/mol. The van der Waals surface area contributed by atoms with Crippen LogP contribution in [0.1, 0.15) is 155 Å². The van der Waals surface area contributed by atoms with Crippen LogP contribution in [0.15, 0.2) is 24.3 Å². The second kappa shape index (κ2) is 27.6. The summed E-state index contributed by atoms with van der Waals surface area (Å²) in [5, 5.41) is 23.2. The van der Waals surface area contributed by atoms with Crippen LogP contribution in [-0.2, 0) is 14.9 Å². The average Bonchev–Trinajstić information content (AvgIpc) is 2.92. The lowest BCUT2D eigenvalue weighted by atomic mass is 10.0. The summed E-state index contributed by atoms with van der Waals surface area (Å²) >= 11 is 0. The molecule has 0 saturated heterocycles. The molecule has 0 bridgehead atoms. The summed E-state index contributed by atoms with van der Waals surface area (Å²) in [7, 11) is -4.43. The Balaban J connectivity index is 4.18. The molecule has 0 heterocycles. The van der Waals surface area contributed by atoms with Gasteiger partial charge >= 0.3 is 0 Å². The van der Waals surface area contributed by atoms with Crippen LogP contribution in [0.5, 0.6) is 0 Å². The number of carbonyl (C=O) groups excluding carboxylic acids is 1. The van der Waals surface area contributed by atoms with E-state index in [1.165, 1.54) is 89.5 Å². The molecule has 0 aromatic rings. The van der Waals surface area contributed by atoms with Crippen molar-refractivity contribution < 1.29 is 28.0 Å². The van der Waals surface area contributed by atoms with Gasteiger partial charge in [0.1, 0.15) is 6.10 Å². The van der Waals surface area contributed by atoms with E-state index in [2.05, 4.69) is 31.3 Å². The summed E-state index contributed by atoms with van der Waals surface area (Å²) in [5.74, 6) is -1.54. The largest absolute Gasteiger partial charge is 0.387 e. The van der Waals surface area contributed by atoms with E-state index in [0.29, 0.717) is 6.42 Å². The van der Waals surface area contributed by atoms with Crippen molar-refractivity contribution in [2.45, 2.75) is 173 Å². The fourth-order valence-corrected chi connectivity index (χ4v) is 5.59. The molecule has 3 unspecified atom stereocenters. The lowest BCUT2D eigenvalue weighted by Gasteiger charge is -2.22. The third-order valence-corrected chi connectivity index (χ3v) is 8.26. The van der Waals surface area contributed by atoms with E-state index >= 15 is 0 Å². The number of carbonyl (C=O) groups is 1. The fraction of sp³-hybridized carbons (Fsp3) is 0.848. The quantitative estimate of drug-likeness (QED) is 0.0394. The van der Waals surface area contributed by atoms with Crippen LogP contribution in [0.3, 0.4) is 0 Å². The van der Waals surface area contributed by atoms with Gasteiger partial charge in [0, 0.05) is 0 Å². The molecule has 0 radical (unpaired) electrons. The number of rotatable bonds is 29. The zero-order valence-electron chi connectivity index (χ0n) is 26.3. The molecule has 0 fully saturated rings. The van der Waals surface area contributed by atoms with Gasteiger partial charge in [0.05, 0.1) is 17.9 Å². The highest BCUT2D eigenvalue weighted by molar-refractivity contribution is 7.85. The van der Waals surface area contributed by atoms with E-state index in [4.69, 9.17) is 0 Å². The molecular weight excluding hydrogens is 538 g/mol. The van der Waals surface area contributed by atoms with Crippen molar-refractivity contribution in [3.8, 4) is 0 Å². The Kier molecular flexibility index (Phi) is 26.8. The Morgan fingerprint density at radius 1 is 0.659 bits per heavy atom. The van der Waals surface area contributed by atoms with Crippen LogP contribution in [0.2, 0.25) is 0 Å². The average molecular weight is 602 g/mol. The van der Waals surface area contributed by atoms with Gasteiger partial charge in [0.25, 0.3) is 10.1 Å². The van der Waals surface area contributed by atoms with Crippen LogP contribution in [0.4, 0.5) is 0 Å². The van der Waals surface area contributed by atoms with Gasteiger partial charge in [0.15, 0.2) is 0 Å². The molecular formula is C33H63NO6S. The molecule has 0 aromatic heterocycles. The maximum Gasteiger partial charge on any atom is 0.267 e. The number of aliphatic hydroxyl groups excluding tert-OH is 2. The Bertz CT molecular complexity index is 768. The minimum atomic E-state index is -4.43. The van der Waals surface area contributed by atoms with Gasteiger partial charge in [-0.25, -0.2) is 0 Å². The van der Waals surface area contributed by atoms with Crippen LogP contribution < -0.4 is 5.32 Å². The van der Waals surface area contributed by atoms with Crippen molar-refractivity contribution in [3.05, 3.63) is 24.3 Å². The van der Waals surface area contributed by atoms with Crippen molar-refractivity contribution in [2.24, 2.45) is 0 Å². The minimum Gasteiger partial charge on any atom is -0.387 e. The van der Waals surface area contributed by atoms with Crippen molar-refractivity contribution in [2.75, 3.05) is 5.75 Å². The molecule has 0 spiro atoms. The summed E-state index contributed by atoms with van der Waals surface area (Å²) < 4.78 is 32.2. The molecule has 0 rings (SSSR count). The lowest BCUT2D eigenvalue weighted by molar-refractivity contribution is -0.130. The van der Waals surface area contributed by atoms with E-state index < -0.39 is 40.0 Å². The highest BCUT2D eigenvalue weighted by Gasteiger charge is 2.27. The predicted octanol–water partition coefficient (Wildman–Crippen LogP) is 7.82. The third kappa shape index (κ3) is 27.4. The zero-order valence-corrected chi connectivity index (χ0v) is 27.1. The first-order valence-electron chi connectivity index (χ1n) is 16.6. The Hall–Kier alpha value is -1.22. The van der Waals surface area contributed by atoms with Gasteiger partial charge in [0.2, 0.25) is 5.91 Å². The maximum absolute atomic E-state index is 12.5. The Labute approximate surface area is 252 Å². The van der Waals surface area contributed by atoms with Crippen LogP contribution in [0, 0.1) is 0 Å². The molecule has 0 aliphatic carbocycles. The summed E-state index contributed by atoms with van der Waals surface area (Å²) in [4.78, 5) is 12.5. The van der Waals surface area contributed by atoms with Gasteiger partial charge in [-0.3, -0.25) is 9.35 Å². The van der Waals surface area contributed by atoms with E-state index in [-0.39, 0.29) is 6.42 Å². The summed E-state index contributed by atoms with van der Waals surface area (Å²) in [6.07, 6.45) is 29.5. The first-order valence-corrected chi connectivity index (χ1v) is 18.3. The maximum atomic E-state index is 12.5. The predicted molar refractivity (Wildman–Crippen MR) is 172 cm³/mol. The van der Waals surface area contributed by atoms with Crippen LogP contribution >= 0.6 is 0 Å². The molecule has 41 heavy (non-hydrogen) atoms. The van der Waals surface area contributed by atoms with E-state index in [0.717, 1.165) is 44.9 Å². The van der Waals surface area contributed by atoms with Crippen LogP contribution in [-0.4, -0.2) is 53.1 Å². The summed E-state index contributed by atoms with van der Waals surface area (Å²) in [6, 6.07) is -1.23. The molecule has 8 heteroatoms. The van der Waals surface area contributed by atoms with Gasteiger partial charge in [-0.1, -0.05) is 134 Å².